The predicted octanol–water partition coefficient (Wildman–Crippen LogP) is 2.66. The summed E-state index contributed by atoms with van der Waals surface area (Å²) in [6, 6.07) is 8.11. The van der Waals surface area contributed by atoms with Crippen LogP contribution in [0.15, 0.2) is 36.7 Å². The Morgan fingerprint density at radius 3 is 2.78 bits per heavy atom. The maximum Gasteiger partial charge on any atom is 0.120 e. The van der Waals surface area contributed by atoms with Crippen LogP contribution in [0.25, 0.3) is 0 Å². The lowest BCUT2D eigenvalue weighted by Gasteiger charge is -2.23. The highest BCUT2D eigenvalue weighted by Crippen LogP contribution is 2.16. The molecule has 6 nitrogen and oxygen atoms in total. The van der Waals surface area contributed by atoms with E-state index in [2.05, 4.69) is 38.9 Å². The minimum absolute atomic E-state index is 0.336. The van der Waals surface area contributed by atoms with Gasteiger partial charge in [-0.1, -0.05) is 25.0 Å². The number of hydrogen-bond acceptors (Lipinski definition) is 5. The Morgan fingerprint density at radius 1 is 1.22 bits per heavy atom. The van der Waals surface area contributed by atoms with Gasteiger partial charge in [0, 0.05) is 25.5 Å². The van der Waals surface area contributed by atoms with Gasteiger partial charge in [-0.2, -0.15) is 0 Å². The summed E-state index contributed by atoms with van der Waals surface area (Å²) < 4.78 is 5.85. The summed E-state index contributed by atoms with van der Waals surface area (Å²) in [5, 5.41) is 10.3. The van der Waals surface area contributed by atoms with Crippen molar-refractivity contribution in [1.29, 1.82) is 0 Å². The second-order valence-electron chi connectivity index (χ2n) is 7.54. The van der Waals surface area contributed by atoms with Gasteiger partial charge in [0.05, 0.1) is 6.54 Å². The van der Waals surface area contributed by atoms with Gasteiger partial charge in [0.2, 0.25) is 0 Å². The molecule has 0 spiro atoms. The number of benzene rings is 1. The summed E-state index contributed by atoms with van der Waals surface area (Å²) in [5.41, 5.74) is 1.18. The van der Waals surface area contributed by atoms with Crippen molar-refractivity contribution in [3.63, 3.8) is 0 Å². The van der Waals surface area contributed by atoms with Crippen molar-refractivity contribution in [3.8, 4) is 5.75 Å². The number of likely N-dealkylation sites (tertiary alicyclic amines) is 1. The molecule has 148 valence electrons. The molecule has 0 bridgehead atoms. The van der Waals surface area contributed by atoms with Gasteiger partial charge in [-0.3, -0.25) is 4.90 Å². The smallest absolute Gasteiger partial charge is 0.120 e. The van der Waals surface area contributed by atoms with Crippen molar-refractivity contribution in [3.05, 3.63) is 48.0 Å². The van der Waals surface area contributed by atoms with E-state index in [1.165, 1.54) is 31.2 Å². The van der Waals surface area contributed by atoms with Gasteiger partial charge >= 0.3 is 0 Å². The van der Waals surface area contributed by atoms with Crippen molar-refractivity contribution in [2.75, 3.05) is 33.3 Å². The highest BCUT2D eigenvalue weighted by atomic mass is 16.5. The molecule has 1 aromatic heterocycles. The average molecular weight is 373 g/mol. The standard InChI is InChI=1S/C21H32N4O2/c1-24(16-21-22-9-10-23-21)14-18-7-6-8-20(13-18)27-17-19(26)15-25-11-4-2-3-5-12-25/h6-10,13,19,26H,2-5,11-12,14-17H2,1H3,(H,22,23). The molecule has 27 heavy (non-hydrogen) atoms. The molecule has 1 unspecified atom stereocenters. The van der Waals surface area contributed by atoms with Crippen LogP contribution in [-0.4, -0.2) is 64.3 Å². The topological polar surface area (TPSA) is 64.6 Å². The number of nitrogens with zero attached hydrogens (tertiary/aromatic N) is 3. The fourth-order valence-electron chi connectivity index (χ4n) is 3.60. The molecule has 0 saturated carbocycles. The third kappa shape index (κ3) is 6.97. The van der Waals surface area contributed by atoms with E-state index in [-0.39, 0.29) is 0 Å². The lowest BCUT2D eigenvalue weighted by Crippen LogP contribution is -2.36. The normalized spacial score (nSPS) is 17.0. The molecular weight excluding hydrogens is 340 g/mol. The largest absolute Gasteiger partial charge is 0.491 e. The molecule has 1 atom stereocenters. The molecule has 1 aliphatic rings. The molecule has 2 aromatic rings. The van der Waals surface area contributed by atoms with Gasteiger partial charge < -0.3 is 19.7 Å². The Morgan fingerprint density at radius 2 is 2.04 bits per heavy atom. The van der Waals surface area contributed by atoms with Crippen LogP contribution in [0, 0.1) is 0 Å². The number of rotatable bonds is 9. The van der Waals surface area contributed by atoms with E-state index in [4.69, 9.17) is 4.74 Å². The van der Waals surface area contributed by atoms with E-state index >= 15 is 0 Å². The van der Waals surface area contributed by atoms with E-state index < -0.39 is 6.10 Å². The van der Waals surface area contributed by atoms with Gasteiger partial charge in [0.25, 0.3) is 0 Å². The van der Waals surface area contributed by atoms with Crippen LogP contribution in [0.2, 0.25) is 0 Å². The average Bonchev–Trinajstić information content (AvgIpc) is 3.02. The molecule has 1 aliphatic heterocycles. The number of imidazole rings is 1. The molecule has 0 amide bonds. The van der Waals surface area contributed by atoms with E-state index in [1.807, 2.05) is 18.3 Å². The molecular formula is C21H32N4O2. The van der Waals surface area contributed by atoms with Crippen molar-refractivity contribution in [2.45, 2.75) is 44.9 Å². The molecule has 1 saturated heterocycles. The Kier molecular flexibility index (Phi) is 7.68. The Hall–Kier alpha value is -1.89. The van der Waals surface area contributed by atoms with Gasteiger partial charge in [0.15, 0.2) is 0 Å². The molecule has 3 rings (SSSR count). The highest BCUT2D eigenvalue weighted by Gasteiger charge is 2.14. The first-order chi connectivity index (χ1) is 13.2. The van der Waals surface area contributed by atoms with E-state index in [0.29, 0.717) is 13.2 Å². The summed E-state index contributed by atoms with van der Waals surface area (Å²) in [7, 11) is 2.07. The minimum Gasteiger partial charge on any atom is -0.491 e. The van der Waals surface area contributed by atoms with Crippen LogP contribution < -0.4 is 4.74 Å². The first-order valence-electron chi connectivity index (χ1n) is 9.98. The van der Waals surface area contributed by atoms with Crippen LogP contribution >= 0.6 is 0 Å². The highest BCUT2D eigenvalue weighted by molar-refractivity contribution is 5.28. The van der Waals surface area contributed by atoms with Gasteiger partial charge in [0.1, 0.15) is 24.3 Å². The number of aromatic amines is 1. The van der Waals surface area contributed by atoms with Gasteiger partial charge in [-0.05, 0) is 50.7 Å². The lowest BCUT2D eigenvalue weighted by molar-refractivity contribution is 0.0693. The van der Waals surface area contributed by atoms with E-state index in [0.717, 1.165) is 37.8 Å². The van der Waals surface area contributed by atoms with Crippen LogP contribution in [0.3, 0.4) is 0 Å². The van der Waals surface area contributed by atoms with Gasteiger partial charge in [-0.15, -0.1) is 0 Å². The number of ether oxygens (including phenoxy) is 1. The Balaban J connectivity index is 1.44. The molecule has 1 fully saturated rings. The first kappa shape index (κ1) is 19.9. The third-order valence-electron chi connectivity index (χ3n) is 4.94. The summed E-state index contributed by atoms with van der Waals surface area (Å²) in [4.78, 5) is 12.0. The van der Waals surface area contributed by atoms with Gasteiger partial charge in [-0.25, -0.2) is 4.98 Å². The number of β-amino-alcohol motifs (C(OH)–C–C–N with tert-alkyl or cyclic N) is 1. The zero-order valence-corrected chi connectivity index (χ0v) is 16.3. The SMILES string of the molecule is CN(Cc1cccc(OCC(O)CN2CCCCCC2)c1)Cc1ncc[nH]1. The summed E-state index contributed by atoms with van der Waals surface area (Å²) in [5.74, 6) is 1.77. The molecule has 0 radical (unpaired) electrons. The maximum atomic E-state index is 10.3. The molecule has 0 aliphatic carbocycles. The van der Waals surface area contributed by atoms with Crippen LogP contribution in [0.5, 0.6) is 5.75 Å². The number of hydrogen-bond donors (Lipinski definition) is 2. The zero-order valence-electron chi connectivity index (χ0n) is 16.3. The lowest BCUT2D eigenvalue weighted by atomic mass is 10.2. The third-order valence-corrected chi connectivity index (χ3v) is 4.94. The van der Waals surface area contributed by atoms with Crippen molar-refractivity contribution < 1.29 is 9.84 Å². The number of aliphatic hydroxyl groups is 1. The zero-order chi connectivity index (χ0) is 18.9. The fraction of sp³-hybridized carbons (Fsp3) is 0.571. The van der Waals surface area contributed by atoms with Crippen molar-refractivity contribution >= 4 is 0 Å². The first-order valence-corrected chi connectivity index (χ1v) is 9.98. The summed E-state index contributed by atoms with van der Waals surface area (Å²) in [6.45, 7) is 4.80. The van der Waals surface area contributed by atoms with Crippen LogP contribution in [-0.2, 0) is 13.1 Å². The minimum atomic E-state index is -0.451. The van der Waals surface area contributed by atoms with E-state index in [1.54, 1.807) is 6.20 Å². The Bertz CT molecular complexity index is 654. The fourth-order valence-corrected chi connectivity index (χ4v) is 3.60. The van der Waals surface area contributed by atoms with Crippen LogP contribution in [0.1, 0.15) is 37.1 Å². The van der Waals surface area contributed by atoms with E-state index in [9.17, 15) is 5.11 Å². The molecule has 6 heteroatoms. The van der Waals surface area contributed by atoms with Crippen LogP contribution in [0.4, 0.5) is 0 Å². The quantitative estimate of drug-likeness (QED) is 0.708. The second-order valence-corrected chi connectivity index (χ2v) is 7.54. The number of aliphatic hydroxyl groups excluding tert-OH is 1. The summed E-state index contributed by atoms with van der Waals surface area (Å²) in [6.07, 6.45) is 8.26. The maximum absolute atomic E-state index is 10.3. The van der Waals surface area contributed by atoms with Crippen molar-refractivity contribution in [1.82, 2.24) is 19.8 Å². The predicted molar refractivity (Wildman–Crippen MR) is 107 cm³/mol. The summed E-state index contributed by atoms with van der Waals surface area (Å²) >= 11 is 0. The monoisotopic (exact) mass is 372 g/mol. The van der Waals surface area contributed by atoms with Crippen molar-refractivity contribution in [2.24, 2.45) is 0 Å². The number of nitrogens with one attached hydrogen (secondary N) is 1. The number of aromatic nitrogens is 2. The number of H-pyrrole nitrogens is 1. The second kappa shape index (κ2) is 10.4. The molecule has 2 heterocycles. The molecule has 2 N–H and O–H groups in total. The Labute approximate surface area is 162 Å². The molecule has 1 aromatic carbocycles.